The molecule has 3 N–H and O–H groups in total. The van der Waals surface area contributed by atoms with E-state index in [2.05, 4.69) is 16.0 Å². The molecule has 156 valence electrons. The SMILES string of the molecule is CC(=O)N/C(=C\c1ccccc1)C(=O)OCC(=O)NC(=O)Nc1cccc(C)c1C. The first-order valence-electron chi connectivity index (χ1n) is 9.14. The van der Waals surface area contributed by atoms with Crippen molar-refractivity contribution in [2.24, 2.45) is 0 Å². The summed E-state index contributed by atoms with van der Waals surface area (Å²) in [6.07, 6.45) is 1.43. The molecule has 0 radical (unpaired) electrons. The van der Waals surface area contributed by atoms with Crippen LogP contribution < -0.4 is 16.0 Å². The summed E-state index contributed by atoms with van der Waals surface area (Å²) in [4.78, 5) is 47.6. The topological polar surface area (TPSA) is 114 Å². The lowest BCUT2D eigenvalue weighted by Crippen LogP contribution is -2.38. The van der Waals surface area contributed by atoms with E-state index in [1.807, 2.05) is 19.9 Å². The molecule has 2 aromatic rings. The normalized spacial score (nSPS) is 10.7. The van der Waals surface area contributed by atoms with Crippen LogP contribution >= 0.6 is 0 Å². The van der Waals surface area contributed by atoms with Gasteiger partial charge in [0.25, 0.3) is 5.91 Å². The standard InChI is InChI=1S/C22H23N3O5/c1-14-8-7-11-18(15(14)2)24-22(29)25-20(27)13-30-21(28)19(23-16(3)26)12-17-9-5-4-6-10-17/h4-12H,13H2,1-3H3,(H,23,26)(H2,24,25,27,29)/b19-12-. The lowest BCUT2D eigenvalue weighted by atomic mass is 10.1. The van der Waals surface area contributed by atoms with Crippen molar-refractivity contribution in [3.05, 3.63) is 70.9 Å². The predicted octanol–water partition coefficient (Wildman–Crippen LogP) is 2.67. The number of urea groups is 1. The van der Waals surface area contributed by atoms with Gasteiger partial charge in [0.1, 0.15) is 5.70 Å². The molecule has 0 aliphatic heterocycles. The average molecular weight is 409 g/mol. The van der Waals surface area contributed by atoms with Crippen molar-refractivity contribution >= 4 is 35.6 Å². The minimum absolute atomic E-state index is 0.124. The van der Waals surface area contributed by atoms with E-state index in [1.165, 1.54) is 13.0 Å². The molecule has 0 aliphatic rings. The molecule has 0 heterocycles. The highest BCUT2D eigenvalue weighted by atomic mass is 16.5. The molecule has 8 nitrogen and oxygen atoms in total. The van der Waals surface area contributed by atoms with Gasteiger partial charge in [-0.25, -0.2) is 9.59 Å². The molecule has 4 amide bonds. The van der Waals surface area contributed by atoms with Crippen LogP contribution in [0.1, 0.15) is 23.6 Å². The Morgan fingerprint density at radius 3 is 2.30 bits per heavy atom. The summed E-state index contributed by atoms with van der Waals surface area (Å²) in [6, 6.07) is 13.5. The number of rotatable bonds is 6. The molecule has 2 aromatic carbocycles. The Balaban J connectivity index is 1.93. The molecule has 0 fully saturated rings. The number of anilines is 1. The zero-order chi connectivity index (χ0) is 22.1. The van der Waals surface area contributed by atoms with E-state index < -0.39 is 30.4 Å². The third kappa shape index (κ3) is 6.90. The van der Waals surface area contributed by atoms with Crippen molar-refractivity contribution in [2.45, 2.75) is 20.8 Å². The maximum absolute atomic E-state index is 12.3. The average Bonchev–Trinajstić information content (AvgIpc) is 2.69. The Labute approximate surface area is 174 Å². The summed E-state index contributed by atoms with van der Waals surface area (Å²) < 4.78 is 4.92. The smallest absolute Gasteiger partial charge is 0.355 e. The van der Waals surface area contributed by atoms with E-state index >= 15 is 0 Å². The number of imide groups is 1. The molecule has 30 heavy (non-hydrogen) atoms. The van der Waals surface area contributed by atoms with E-state index in [4.69, 9.17) is 4.74 Å². The number of nitrogens with one attached hydrogen (secondary N) is 3. The molecule has 0 aliphatic carbocycles. The van der Waals surface area contributed by atoms with Crippen LogP contribution in [0.15, 0.2) is 54.2 Å². The highest BCUT2D eigenvalue weighted by molar-refractivity contribution is 6.03. The lowest BCUT2D eigenvalue weighted by Gasteiger charge is -2.11. The number of benzene rings is 2. The zero-order valence-corrected chi connectivity index (χ0v) is 16.9. The third-order valence-electron chi connectivity index (χ3n) is 4.08. The van der Waals surface area contributed by atoms with Gasteiger partial charge in [-0.15, -0.1) is 0 Å². The van der Waals surface area contributed by atoms with Gasteiger partial charge < -0.3 is 15.4 Å². The van der Waals surface area contributed by atoms with Gasteiger partial charge in [-0.1, -0.05) is 42.5 Å². The first kappa shape index (κ1) is 22.4. The number of ether oxygens (including phenoxy) is 1. The lowest BCUT2D eigenvalue weighted by molar-refractivity contribution is -0.145. The van der Waals surface area contributed by atoms with Gasteiger partial charge in [0, 0.05) is 12.6 Å². The Hall–Kier alpha value is -3.94. The van der Waals surface area contributed by atoms with Crippen molar-refractivity contribution in [1.29, 1.82) is 0 Å². The van der Waals surface area contributed by atoms with Gasteiger partial charge in [-0.05, 0) is 42.7 Å². The molecule has 0 aromatic heterocycles. The molecule has 0 atom stereocenters. The summed E-state index contributed by atoms with van der Waals surface area (Å²) in [7, 11) is 0. The van der Waals surface area contributed by atoms with Crippen LogP contribution in [0, 0.1) is 13.8 Å². The van der Waals surface area contributed by atoms with Gasteiger partial charge in [0.2, 0.25) is 5.91 Å². The van der Waals surface area contributed by atoms with E-state index in [1.54, 1.807) is 42.5 Å². The van der Waals surface area contributed by atoms with Crippen molar-refractivity contribution in [3.63, 3.8) is 0 Å². The number of hydrogen-bond acceptors (Lipinski definition) is 5. The fraction of sp³-hybridized carbons (Fsp3) is 0.182. The molecular weight excluding hydrogens is 386 g/mol. The molecule has 0 saturated heterocycles. The molecule has 2 rings (SSSR count). The summed E-state index contributed by atoms with van der Waals surface area (Å²) in [5, 5.41) is 7.03. The van der Waals surface area contributed by atoms with Crippen LogP contribution in [-0.4, -0.2) is 30.4 Å². The van der Waals surface area contributed by atoms with Crippen molar-refractivity contribution in [2.75, 3.05) is 11.9 Å². The van der Waals surface area contributed by atoms with E-state index in [-0.39, 0.29) is 5.70 Å². The molecular formula is C22H23N3O5. The monoisotopic (exact) mass is 409 g/mol. The second kappa shape index (κ2) is 10.6. The number of hydrogen-bond donors (Lipinski definition) is 3. The fourth-order valence-corrected chi connectivity index (χ4v) is 2.46. The van der Waals surface area contributed by atoms with E-state index in [0.717, 1.165) is 11.1 Å². The molecule has 0 saturated carbocycles. The van der Waals surface area contributed by atoms with Crippen molar-refractivity contribution in [1.82, 2.24) is 10.6 Å². The summed E-state index contributed by atoms with van der Waals surface area (Å²) >= 11 is 0. The van der Waals surface area contributed by atoms with Gasteiger partial charge >= 0.3 is 12.0 Å². The van der Waals surface area contributed by atoms with Crippen molar-refractivity contribution in [3.8, 4) is 0 Å². The summed E-state index contributed by atoms with van der Waals surface area (Å²) in [6.45, 7) is 4.30. The second-order valence-corrected chi connectivity index (χ2v) is 6.48. The number of carbonyl (C=O) groups is 4. The van der Waals surface area contributed by atoms with E-state index in [0.29, 0.717) is 11.3 Å². The highest BCUT2D eigenvalue weighted by Crippen LogP contribution is 2.17. The highest BCUT2D eigenvalue weighted by Gasteiger charge is 2.16. The van der Waals surface area contributed by atoms with Gasteiger partial charge in [-0.3, -0.25) is 14.9 Å². The maximum atomic E-state index is 12.3. The van der Waals surface area contributed by atoms with Crippen LogP contribution in [0.2, 0.25) is 0 Å². The van der Waals surface area contributed by atoms with Crippen LogP contribution in [0.3, 0.4) is 0 Å². The Morgan fingerprint density at radius 2 is 1.63 bits per heavy atom. The predicted molar refractivity (Wildman–Crippen MR) is 112 cm³/mol. The minimum Gasteiger partial charge on any atom is -0.451 e. The minimum atomic E-state index is -0.904. The molecule has 8 heteroatoms. The molecule has 0 unspecified atom stereocenters. The quantitative estimate of drug-likeness (QED) is 0.501. The van der Waals surface area contributed by atoms with Crippen LogP contribution in [0.5, 0.6) is 0 Å². The number of aryl methyl sites for hydroxylation is 1. The Kier molecular flexibility index (Phi) is 7.87. The van der Waals surface area contributed by atoms with Crippen LogP contribution in [0.25, 0.3) is 6.08 Å². The summed E-state index contributed by atoms with van der Waals surface area (Å²) in [5.41, 5.74) is 2.97. The van der Waals surface area contributed by atoms with Crippen LogP contribution in [0.4, 0.5) is 10.5 Å². The summed E-state index contributed by atoms with van der Waals surface area (Å²) in [5.74, 6) is -2.18. The van der Waals surface area contributed by atoms with Gasteiger partial charge in [-0.2, -0.15) is 0 Å². The van der Waals surface area contributed by atoms with Gasteiger partial charge in [0.15, 0.2) is 6.61 Å². The fourth-order valence-electron chi connectivity index (χ4n) is 2.46. The Bertz CT molecular complexity index is 984. The first-order valence-corrected chi connectivity index (χ1v) is 9.14. The van der Waals surface area contributed by atoms with Gasteiger partial charge in [0.05, 0.1) is 0 Å². The van der Waals surface area contributed by atoms with Crippen molar-refractivity contribution < 1.29 is 23.9 Å². The second-order valence-electron chi connectivity index (χ2n) is 6.48. The first-order chi connectivity index (χ1) is 14.3. The maximum Gasteiger partial charge on any atom is 0.355 e. The number of esters is 1. The molecule has 0 spiro atoms. The molecule has 0 bridgehead atoms. The zero-order valence-electron chi connectivity index (χ0n) is 16.9. The number of carbonyl (C=O) groups excluding carboxylic acids is 4. The van der Waals surface area contributed by atoms with Crippen LogP contribution in [-0.2, 0) is 19.1 Å². The van der Waals surface area contributed by atoms with E-state index in [9.17, 15) is 19.2 Å². The number of amides is 4. The Morgan fingerprint density at radius 1 is 0.933 bits per heavy atom. The largest absolute Gasteiger partial charge is 0.451 e. The third-order valence-corrected chi connectivity index (χ3v) is 4.08.